The topological polar surface area (TPSA) is 40.7 Å². The molecule has 5 heteroatoms. The van der Waals surface area contributed by atoms with Gasteiger partial charge in [0.1, 0.15) is 5.82 Å². The standard InChI is InChI=1S/C4H7N3.2ClH/c1-5-4-2-3-6-7-4;;/h2-3H,1H3,(H2,5,6,7);2*1H. The molecular weight excluding hydrogens is 161 g/mol. The average Bonchev–Trinajstić information content (AvgIpc) is 2.14. The van der Waals surface area contributed by atoms with E-state index < -0.39 is 0 Å². The van der Waals surface area contributed by atoms with Crippen LogP contribution in [-0.4, -0.2) is 17.2 Å². The molecular formula is C4H9Cl2N3. The summed E-state index contributed by atoms with van der Waals surface area (Å²) in [6, 6.07) is 1.86. The maximum atomic E-state index is 3.71. The lowest BCUT2D eigenvalue weighted by Gasteiger charge is -1.86. The molecule has 9 heavy (non-hydrogen) atoms. The van der Waals surface area contributed by atoms with Gasteiger partial charge in [0.2, 0.25) is 0 Å². The summed E-state index contributed by atoms with van der Waals surface area (Å²) in [5, 5.41) is 9.32. The van der Waals surface area contributed by atoms with E-state index in [1.165, 1.54) is 0 Å². The number of hydrogen-bond acceptors (Lipinski definition) is 2. The van der Waals surface area contributed by atoms with Crippen LogP contribution in [0.2, 0.25) is 0 Å². The van der Waals surface area contributed by atoms with E-state index in [0.29, 0.717) is 0 Å². The summed E-state index contributed by atoms with van der Waals surface area (Å²) < 4.78 is 0. The molecule has 0 aliphatic rings. The molecule has 0 saturated heterocycles. The van der Waals surface area contributed by atoms with Crippen LogP contribution in [0.25, 0.3) is 0 Å². The number of halogens is 2. The molecule has 54 valence electrons. The van der Waals surface area contributed by atoms with Gasteiger partial charge in [0.05, 0.1) is 6.20 Å². The van der Waals surface area contributed by atoms with Gasteiger partial charge in [-0.05, 0) is 6.07 Å². The maximum absolute atomic E-state index is 3.71. The summed E-state index contributed by atoms with van der Waals surface area (Å²) in [5.41, 5.74) is 0. The van der Waals surface area contributed by atoms with Gasteiger partial charge in [-0.15, -0.1) is 24.8 Å². The Bertz CT molecular complexity index is 128. The lowest BCUT2D eigenvalue weighted by molar-refractivity contribution is 1.09. The lowest BCUT2D eigenvalue weighted by Crippen LogP contribution is -1.85. The number of rotatable bonds is 1. The number of hydrogen-bond donors (Lipinski definition) is 2. The molecule has 0 fully saturated rings. The fraction of sp³-hybridized carbons (Fsp3) is 0.250. The Morgan fingerprint density at radius 3 is 2.44 bits per heavy atom. The van der Waals surface area contributed by atoms with Crippen molar-refractivity contribution in [1.29, 1.82) is 0 Å². The molecule has 0 saturated carbocycles. The van der Waals surface area contributed by atoms with Gasteiger partial charge in [-0.2, -0.15) is 5.10 Å². The Labute approximate surface area is 66.0 Å². The molecule has 1 aromatic rings. The van der Waals surface area contributed by atoms with Crippen molar-refractivity contribution in [2.75, 3.05) is 12.4 Å². The third-order valence-corrected chi connectivity index (χ3v) is 0.770. The summed E-state index contributed by atoms with van der Waals surface area (Å²) in [5.74, 6) is 0.944. The number of aromatic amines is 1. The molecule has 0 spiro atoms. The number of anilines is 1. The lowest BCUT2D eigenvalue weighted by atomic mass is 10.6. The normalized spacial score (nSPS) is 6.78. The maximum Gasteiger partial charge on any atom is 0.121 e. The number of nitrogens with one attached hydrogen (secondary N) is 2. The molecule has 1 heterocycles. The Hall–Kier alpha value is -0.410. The zero-order valence-corrected chi connectivity index (χ0v) is 6.55. The fourth-order valence-corrected chi connectivity index (χ4v) is 0.395. The smallest absolute Gasteiger partial charge is 0.121 e. The third kappa shape index (κ3) is 3.21. The molecule has 1 rings (SSSR count). The van der Waals surface area contributed by atoms with E-state index in [0.717, 1.165) is 5.82 Å². The molecule has 0 aromatic carbocycles. The molecule has 1 aromatic heterocycles. The number of H-pyrrole nitrogens is 1. The zero-order chi connectivity index (χ0) is 5.11. The Morgan fingerprint density at radius 2 is 2.22 bits per heavy atom. The summed E-state index contributed by atoms with van der Waals surface area (Å²) in [4.78, 5) is 0. The van der Waals surface area contributed by atoms with Gasteiger partial charge in [0.15, 0.2) is 0 Å². The quantitative estimate of drug-likeness (QED) is 0.666. The van der Waals surface area contributed by atoms with E-state index >= 15 is 0 Å². The minimum absolute atomic E-state index is 0. The molecule has 0 amide bonds. The van der Waals surface area contributed by atoms with Gasteiger partial charge in [0.25, 0.3) is 0 Å². The van der Waals surface area contributed by atoms with Crippen molar-refractivity contribution < 1.29 is 0 Å². The molecule has 0 atom stereocenters. The van der Waals surface area contributed by atoms with Gasteiger partial charge < -0.3 is 5.32 Å². The largest absolute Gasteiger partial charge is 0.374 e. The third-order valence-electron chi connectivity index (χ3n) is 0.770. The van der Waals surface area contributed by atoms with Gasteiger partial charge in [-0.3, -0.25) is 5.10 Å². The van der Waals surface area contributed by atoms with Crippen LogP contribution < -0.4 is 5.32 Å². The van der Waals surface area contributed by atoms with Crippen LogP contribution in [-0.2, 0) is 0 Å². The van der Waals surface area contributed by atoms with Gasteiger partial charge in [0, 0.05) is 7.05 Å². The van der Waals surface area contributed by atoms with E-state index in [9.17, 15) is 0 Å². The summed E-state index contributed by atoms with van der Waals surface area (Å²) >= 11 is 0. The second-order valence-corrected chi connectivity index (χ2v) is 1.22. The van der Waals surface area contributed by atoms with Crippen LogP contribution in [0.3, 0.4) is 0 Å². The number of nitrogens with zero attached hydrogens (tertiary/aromatic N) is 1. The highest BCUT2D eigenvalue weighted by molar-refractivity contribution is 5.85. The highest BCUT2D eigenvalue weighted by Gasteiger charge is 1.80. The van der Waals surface area contributed by atoms with E-state index in [-0.39, 0.29) is 24.8 Å². The Morgan fingerprint density at radius 1 is 1.56 bits per heavy atom. The average molecular weight is 170 g/mol. The van der Waals surface area contributed by atoms with Crippen LogP contribution in [0.15, 0.2) is 12.3 Å². The predicted molar refractivity (Wildman–Crippen MR) is 42.6 cm³/mol. The highest BCUT2D eigenvalue weighted by atomic mass is 35.5. The predicted octanol–water partition coefficient (Wildman–Crippen LogP) is 1.29. The molecule has 3 nitrogen and oxygen atoms in total. The monoisotopic (exact) mass is 169 g/mol. The van der Waals surface area contributed by atoms with Crippen LogP contribution in [0.1, 0.15) is 0 Å². The first-order valence-corrected chi connectivity index (χ1v) is 2.10. The van der Waals surface area contributed by atoms with Gasteiger partial charge in [-0.25, -0.2) is 0 Å². The van der Waals surface area contributed by atoms with Crippen molar-refractivity contribution in [2.45, 2.75) is 0 Å². The van der Waals surface area contributed by atoms with Gasteiger partial charge >= 0.3 is 0 Å². The van der Waals surface area contributed by atoms with E-state index in [4.69, 9.17) is 0 Å². The number of aromatic nitrogens is 2. The molecule has 0 radical (unpaired) electrons. The second-order valence-electron chi connectivity index (χ2n) is 1.22. The first-order chi connectivity index (χ1) is 3.43. The summed E-state index contributed by atoms with van der Waals surface area (Å²) in [6.45, 7) is 0. The van der Waals surface area contributed by atoms with Crippen molar-refractivity contribution in [2.24, 2.45) is 0 Å². The van der Waals surface area contributed by atoms with Crippen molar-refractivity contribution in [3.05, 3.63) is 12.3 Å². The minimum atomic E-state index is 0. The molecule has 2 N–H and O–H groups in total. The van der Waals surface area contributed by atoms with Crippen molar-refractivity contribution in [3.8, 4) is 0 Å². The fourth-order valence-electron chi connectivity index (χ4n) is 0.395. The summed E-state index contributed by atoms with van der Waals surface area (Å²) in [6.07, 6.45) is 1.70. The molecule has 0 aliphatic carbocycles. The molecule has 0 bridgehead atoms. The van der Waals surface area contributed by atoms with Crippen LogP contribution in [0.4, 0.5) is 5.82 Å². The minimum Gasteiger partial charge on any atom is -0.374 e. The zero-order valence-electron chi connectivity index (χ0n) is 4.92. The molecule has 0 unspecified atom stereocenters. The van der Waals surface area contributed by atoms with E-state index in [1.807, 2.05) is 13.1 Å². The first kappa shape index (κ1) is 11.4. The van der Waals surface area contributed by atoms with E-state index in [2.05, 4.69) is 15.5 Å². The van der Waals surface area contributed by atoms with Crippen molar-refractivity contribution in [1.82, 2.24) is 10.2 Å². The van der Waals surface area contributed by atoms with Crippen molar-refractivity contribution in [3.63, 3.8) is 0 Å². The molecule has 0 aliphatic heterocycles. The highest BCUT2D eigenvalue weighted by Crippen LogP contribution is 1.93. The summed E-state index contributed by atoms with van der Waals surface area (Å²) in [7, 11) is 1.84. The first-order valence-electron chi connectivity index (χ1n) is 2.10. The van der Waals surface area contributed by atoms with Crippen molar-refractivity contribution >= 4 is 30.6 Å². The SMILES string of the molecule is CNc1ccn[nH]1.Cl.Cl. The van der Waals surface area contributed by atoms with Gasteiger partial charge in [-0.1, -0.05) is 0 Å². The Balaban J connectivity index is 0. The van der Waals surface area contributed by atoms with Crippen LogP contribution >= 0.6 is 24.8 Å². The van der Waals surface area contributed by atoms with Crippen LogP contribution in [0.5, 0.6) is 0 Å². The van der Waals surface area contributed by atoms with E-state index in [1.54, 1.807) is 6.20 Å². The second kappa shape index (κ2) is 5.72. The van der Waals surface area contributed by atoms with Crippen LogP contribution in [0, 0.1) is 0 Å². The Kier molecular flexibility index (Phi) is 7.24.